The number of halogens is 1. The summed E-state index contributed by atoms with van der Waals surface area (Å²) in [5.74, 6) is -1.46. The molecule has 0 aliphatic carbocycles. The van der Waals surface area contributed by atoms with Crippen LogP contribution in [0.4, 0.5) is 4.39 Å². The van der Waals surface area contributed by atoms with Gasteiger partial charge in [-0.05, 0) is 24.3 Å². The third-order valence-corrected chi connectivity index (χ3v) is 2.01. The summed E-state index contributed by atoms with van der Waals surface area (Å²) in [6.07, 6.45) is 2.51. The fourth-order valence-electron chi connectivity index (χ4n) is 1.21. The number of carboxylic acids is 1. The highest BCUT2D eigenvalue weighted by molar-refractivity contribution is 5.85. The zero-order valence-corrected chi connectivity index (χ0v) is 8.09. The summed E-state index contributed by atoms with van der Waals surface area (Å²) in [6, 6.07) is 5.73. The van der Waals surface area contributed by atoms with E-state index in [1.807, 2.05) is 0 Å². The molecule has 1 heterocycles. The zero-order chi connectivity index (χ0) is 11.5. The van der Waals surface area contributed by atoms with Crippen LogP contribution in [0.5, 0.6) is 0 Å². The lowest BCUT2D eigenvalue weighted by Crippen LogP contribution is -2.01. The van der Waals surface area contributed by atoms with E-state index >= 15 is 0 Å². The summed E-state index contributed by atoms with van der Waals surface area (Å²) in [5.41, 5.74) is 1.07. The van der Waals surface area contributed by atoms with Crippen LogP contribution >= 0.6 is 0 Å². The number of hydrogen-bond acceptors (Lipinski definition) is 3. The molecular weight excluding hydrogens is 211 g/mol. The lowest BCUT2D eigenvalue weighted by atomic mass is 10.1. The summed E-state index contributed by atoms with van der Waals surface area (Å²) in [4.78, 5) is 18.2. The molecule has 5 heteroatoms. The normalized spacial score (nSPS) is 10.1. The first-order chi connectivity index (χ1) is 7.66. The second kappa shape index (κ2) is 4.06. The van der Waals surface area contributed by atoms with Gasteiger partial charge in [0.25, 0.3) is 0 Å². The summed E-state index contributed by atoms with van der Waals surface area (Å²) in [5, 5.41) is 8.63. The number of nitrogens with zero attached hydrogens (tertiary/aromatic N) is 2. The SMILES string of the molecule is O=C(O)c1cnc(-c2ccc(F)cc2)cn1. The first kappa shape index (κ1) is 10.2. The van der Waals surface area contributed by atoms with Gasteiger partial charge in [-0.15, -0.1) is 0 Å². The average Bonchev–Trinajstić information content (AvgIpc) is 2.30. The molecule has 2 aromatic rings. The smallest absolute Gasteiger partial charge is 0.356 e. The van der Waals surface area contributed by atoms with Crippen molar-refractivity contribution in [3.8, 4) is 11.3 Å². The standard InChI is InChI=1S/C11H7FN2O2/c12-8-3-1-7(2-4-8)9-5-14-10(6-13-9)11(15)16/h1-6H,(H,15,16). The predicted molar refractivity (Wildman–Crippen MR) is 54.4 cm³/mol. The summed E-state index contributed by atoms with van der Waals surface area (Å²) in [6.45, 7) is 0. The van der Waals surface area contributed by atoms with Crippen LogP contribution in [0, 0.1) is 5.82 Å². The lowest BCUT2D eigenvalue weighted by molar-refractivity contribution is 0.0690. The van der Waals surface area contributed by atoms with Crippen molar-refractivity contribution in [3.63, 3.8) is 0 Å². The largest absolute Gasteiger partial charge is 0.476 e. The molecule has 0 radical (unpaired) electrons. The molecule has 1 N–H and O–H groups in total. The molecule has 0 saturated carbocycles. The van der Waals surface area contributed by atoms with Gasteiger partial charge in [-0.25, -0.2) is 14.2 Å². The lowest BCUT2D eigenvalue weighted by Gasteiger charge is -2.00. The molecule has 0 aliphatic rings. The number of hydrogen-bond donors (Lipinski definition) is 1. The van der Waals surface area contributed by atoms with Gasteiger partial charge in [0.15, 0.2) is 5.69 Å². The van der Waals surface area contributed by atoms with Gasteiger partial charge in [0.1, 0.15) is 5.82 Å². The summed E-state index contributed by atoms with van der Waals surface area (Å²) < 4.78 is 12.7. The Morgan fingerprint density at radius 2 is 1.81 bits per heavy atom. The predicted octanol–water partition coefficient (Wildman–Crippen LogP) is 1.98. The maximum atomic E-state index is 12.7. The van der Waals surface area contributed by atoms with Crippen molar-refractivity contribution in [1.29, 1.82) is 0 Å². The van der Waals surface area contributed by atoms with Gasteiger partial charge in [-0.2, -0.15) is 0 Å². The third-order valence-electron chi connectivity index (χ3n) is 2.01. The quantitative estimate of drug-likeness (QED) is 0.837. The molecule has 2 rings (SSSR count). The fraction of sp³-hybridized carbons (Fsp3) is 0. The van der Waals surface area contributed by atoms with Crippen LogP contribution in [0.2, 0.25) is 0 Å². The number of rotatable bonds is 2. The van der Waals surface area contributed by atoms with E-state index in [2.05, 4.69) is 9.97 Å². The Morgan fingerprint density at radius 3 is 2.31 bits per heavy atom. The first-order valence-corrected chi connectivity index (χ1v) is 4.48. The highest BCUT2D eigenvalue weighted by Crippen LogP contribution is 2.15. The molecule has 16 heavy (non-hydrogen) atoms. The maximum absolute atomic E-state index is 12.7. The van der Waals surface area contributed by atoms with Crippen LogP contribution in [0.3, 0.4) is 0 Å². The molecule has 1 aromatic carbocycles. The summed E-state index contributed by atoms with van der Waals surface area (Å²) >= 11 is 0. The first-order valence-electron chi connectivity index (χ1n) is 4.48. The van der Waals surface area contributed by atoms with E-state index in [4.69, 9.17) is 5.11 Å². The molecule has 0 fully saturated rings. The maximum Gasteiger partial charge on any atom is 0.356 e. The van der Waals surface area contributed by atoms with Gasteiger partial charge >= 0.3 is 5.97 Å². The summed E-state index contributed by atoms with van der Waals surface area (Å²) in [7, 11) is 0. The number of aromatic carboxylic acids is 1. The van der Waals surface area contributed by atoms with Gasteiger partial charge < -0.3 is 5.11 Å². The average molecular weight is 218 g/mol. The van der Waals surface area contributed by atoms with Crippen molar-refractivity contribution in [2.75, 3.05) is 0 Å². The second-order valence-electron chi connectivity index (χ2n) is 3.10. The van der Waals surface area contributed by atoms with Crippen LogP contribution in [-0.4, -0.2) is 21.0 Å². The molecule has 0 unspecified atom stereocenters. The van der Waals surface area contributed by atoms with Crippen LogP contribution < -0.4 is 0 Å². The van der Waals surface area contributed by atoms with E-state index in [0.29, 0.717) is 11.3 Å². The van der Waals surface area contributed by atoms with E-state index in [0.717, 1.165) is 0 Å². The highest BCUT2D eigenvalue weighted by Gasteiger charge is 2.05. The number of carbonyl (C=O) groups is 1. The minimum absolute atomic E-state index is 0.120. The molecule has 1 aromatic heterocycles. The van der Waals surface area contributed by atoms with Crippen LogP contribution in [0.1, 0.15) is 10.5 Å². The minimum atomic E-state index is -1.13. The number of carboxylic acid groups (broad SMARTS) is 1. The Bertz CT molecular complexity index is 509. The van der Waals surface area contributed by atoms with Crippen LogP contribution in [0.25, 0.3) is 11.3 Å². The van der Waals surface area contributed by atoms with Crippen molar-refractivity contribution in [2.24, 2.45) is 0 Å². The van der Waals surface area contributed by atoms with Crippen molar-refractivity contribution in [2.45, 2.75) is 0 Å². The molecule has 0 saturated heterocycles. The van der Waals surface area contributed by atoms with Gasteiger partial charge in [0.2, 0.25) is 0 Å². The van der Waals surface area contributed by atoms with E-state index in [-0.39, 0.29) is 11.5 Å². The number of aromatic nitrogens is 2. The van der Waals surface area contributed by atoms with Crippen molar-refractivity contribution in [3.05, 3.63) is 48.2 Å². The van der Waals surface area contributed by atoms with Crippen LogP contribution in [0.15, 0.2) is 36.7 Å². The molecule has 0 aliphatic heterocycles. The molecule has 80 valence electrons. The van der Waals surface area contributed by atoms with E-state index < -0.39 is 5.97 Å². The zero-order valence-electron chi connectivity index (χ0n) is 8.09. The Kier molecular flexibility index (Phi) is 2.59. The van der Waals surface area contributed by atoms with Crippen molar-refractivity contribution in [1.82, 2.24) is 9.97 Å². The Labute approximate surface area is 90.4 Å². The van der Waals surface area contributed by atoms with Gasteiger partial charge in [0, 0.05) is 5.56 Å². The fourth-order valence-corrected chi connectivity index (χ4v) is 1.21. The minimum Gasteiger partial charge on any atom is -0.476 e. The van der Waals surface area contributed by atoms with E-state index in [1.165, 1.54) is 24.5 Å². The van der Waals surface area contributed by atoms with Gasteiger partial charge in [0.05, 0.1) is 18.1 Å². The molecule has 0 amide bonds. The van der Waals surface area contributed by atoms with Crippen molar-refractivity contribution < 1.29 is 14.3 Å². The molecule has 0 spiro atoms. The monoisotopic (exact) mass is 218 g/mol. The number of benzene rings is 1. The second-order valence-corrected chi connectivity index (χ2v) is 3.10. The topological polar surface area (TPSA) is 63.1 Å². The van der Waals surface area contributed by atoms with E-state index in [1.54, 1.807) is 12.1 Å². The molecule has 4 nitrogen and oxygen atoms in total. The molecule has 0 bridgehead atoms. The van der Waals surface area contributed by atoms with Gasteiger partial charge in [-0.1, -0.05) is 0 Å². The van der Waals surface area contributed by atoms with E-state index in [9.17, 15) is 9.18 Å². The molecular formula is C11H7FN2O2. The third kappa shape index (κ3) is 2.03. The Balaban J connectivity index is 2.34. The highest BCUT2D eigenvalue weighted by atomic mass is 19.1. The van der Waals surface area contributed by atoms with Crippen molar-refractivity contribution >= 4 is 5.97 Å². The molecule has 0 atom stereocenters. The van der Waals surface area contributed by atoms with Gasteiger partial charge in [-0.3, -0.25) is 4.98 Å². The van der Waals surface area contributed by atoms with Crippen LogP contribution in [-0.2, 0) is 0 Å². The Hall–Kier alpha value is -2.30. The Morgan fingerprint density at radius 1 is 1.12 bits per heavy atom.